The van der Waals surface area contributed by atoms with E-state index in [9.17, 15) is 14.7 Å². The van der Waals surface area contributed by atoms with Crippen molar-refractivity contribution in [3.05, 3.63) is 108 Å². The van der Waals surface area contributed by atoms with Gasteiger partial charge in [0.15, 0.2) is 0 Å². The van der Waals surface area contributed by atoms with Crippen molar-refractivity contribution in [2.45, 2.75) is 25.9 Å². The second-order valence-corrected chi connectivity index (χ2v) is 8.33. The summed E-state index contributed by atoms with van der Waals surface area (Å²) in [5, 5.41) is 11.3. The Kier molecular flexibility index (Phi) is 7.80. The molecule has 0 spiro atoms. The Balaban J connectivity index is 1.79. The lowest BCUT2D eigenvalue weighted by atomic mass is 9.95. The van der Waals surface area contributed by atoms with E-state index in [-0.39, 0.29) is 17.9 Å². The normalized spacial score (nSPS) is 16.7. The monoisotopic (exact) mass is 484 g/mol. The Labute approximate surface area is 210 Å². The molecule has 2 aromatic carbocycles. The molecule has 7 heteroatoms. The summed E-state index contributed by atoms with van der Waals surface area (Å²) in [6.07, 6.45) is 5.77. The molecule has 184 valence electrons. The quantitative estimate of drug-likeness (QED) is 0.187. The summed E-state index contributed by atoms with van der Waals surface area (Å²) in [6, 6.07) is 16.8. The molecule has 1 aromatic heterocycles. The number of pyridine rings is 1. The zero-order chi connectivity index (χ0) is 25.5. The van der Waals surface area contributed by atoms with E-state index in [0.717, 1.165) is 12.0 Å². The molecule has 4 rings (SSSR count). The van der Waals surface area contributed by atoms with Gasteiger partial charge in [-0.05, 0) is 66.1 Å². The first kappa shape index (κ1) is 24.7. The van der Waals surface area contributed by atoms with Crippen LogP contribution in [0.3, 0.4) is 0 Å². The number of Topliss-reactive ketones (excluding diaryl/α,β-unsaturated/α-hetero) is 1. The minimum Gasteiger partial charge on any atom is -0.507 e. The van der Waals surface area contributed by atoms with Crippen molar-refractivity contribution in [1.29, 1.82) is 0 Å². The van der Waals surface area contributed by atoms with Crippen LogP contribution >= 0.6 is 0 Å². The SMILES string of the molecule is C=CCOc1cccc([C@H]2C(=C(O)c3ccc(OCCC)cc3)C(=O)C(=O)N2Cc2ccncc2)c1. The Hall–Kier alpha value is -4.39. The molecule has 1 amide bonds. The van der Waals surface area contributed by atoms with Gasteiger partial charge < -0.3 is 19.5 Å². The lowest BCUT2D eigenvalue weighted by molar-refractivity contribution is -0.140. The number of hydrogen-bond acceptors (Lipinski definition) is 6. The first-order valence-corrected chi connectivity index (χ1v) is 11.8. The number of ether oxygens (including phenoxy) is 2. The molecule has 0 unspecified atom stereocenters. The van der Waals surface area contributed by atoms with Crippen LogP contribution in [0, 0.1) is 0 Å². The fourth-order valence-corrected chi connectivity index (χ4v) is 4.09. The van der Waals surface area contributed by atoms with Crippen molar-refractivity contribution < 1.29 is 24.2 Å². The average molecular weight is 485 g/mol. The minimum absolute atomic E-state index is 0.0251. The largest absolute Gasteiger partial charge is 0.507 e. The number of likely N-dealkylation sites (tertiary alicyclic amines) is 1. The van der Waals surface area contributed by atoms with Crippen molar-refractivity contribution in [1.82, 2.24) is 9.88 Å². The Morgan fingerprint density at radius 3 is 2.50 bits per heavy atom. The maximum Gasteiger partial charge on any atom is 0.295 e. The Morgan fingerprint density at radius 2 is 1.81 bits per heavy atom. The van der Waals surface area contributed by atoms with Gasteiger partial charge in [0.05, 0.1) is 18.2 Å². The molecule has 1 N–H and O–H groups in total. The van der Waals surface area contributed by atoms with E-state index in [1.54, 1.807) is 73.1 Å². The number of carbonyl (C=O) groups excluding carboxylic acids is 2. The molecule has 0 saturated carbocycles. The molecule has 0 radical (unpaired) electrons. The van der Waals surface area contributed by atoms with Crippen LogP contribution in [-0.2, 0) is 16.1 Å². The van der Waals surface area contributed by atoms with Gasteiger partial charge >= 0.3 is 0 Å². The summed E-state index contributed by atoms with van der Waals surface area (Å²) in [6.45, 7) is 6.75. The highest BCUT2D eigenvalue weighted by Gasteiger charge is 2.46. The van der Waals surface area contributed by atoms with E-state index in [1.807, 2.05) is 13.0 Å². The number of amides is 1. The fourth-order valence-electron chi connectivity index (χ4n) is 4.09. The van der Waals surface area contributed by atoms with Gasteiger partial charge in [-0.1, -0.05) is 31.7 Å². The first-order chi connectivity index (χ1) is 17.5. The molecule has 2 heterocycles. The lowest BCUT2D eigenvalue weighted by Crippen LogP contribution is -2.29. The predicted molar refractivity (Wildman–Crippen MR) is 136 cm³/mol. The van der Waals surface area contributed by atoms with Crippen LogP contribution in [0.25, 0.3) is 5.76 Å². The second kappa shape index (κ2) is 11.4. The van der Waals surface area contributed by atoms with E-state index >= 15 is 0 Å². The number of aliphatic hydroxyl groups excluding tert-OH is 1. The van der Waals surface area contributed by atoms with Crippen LogP contribution < -0.4 is 9.47 Å². The molecule has 1 atom stereocenters. The third-order valence-electron chi connectivity index (χ3n) is 5.78. The zero-order valence-corrected chi connectivity index (χ0v) is 20.1. The van der Waals surface area contributed by atoms with E-state index in [1.165, 1.54) is 4.90 Å². The van der Waals surface area contributed by atoms with Crippen molar-refractivity contribution >= 4 is 17.4 Å². The van der Waals surface area contributed by atoms with Crippen molar-refractivity contribution in [2.24, 2.45) is 0 Å². The predicted octanol–water partition coefficient (Wildman–Crippen LogP) is 5.06. The Bertz CT molecular complexity index is 1270. The maximum absolute atomic E-state index is 13.3. The summed E-state index contributed by atoms with van der Waals surface area (Å²) < 4.78 is 11.3. The van der Waals surface area contributed by atoms with Gasteiger partial charge in [-0.3, -0.25) is 14.6 Å². The summed E-state index contributed by atoms with van der Waals surface area (Å²) in [7, 11) is 0. The smallest absolute Gasteiger partial charge is 0.295 e. The molecule has 1 saturated heterocycles. The van der Waals surface area contributed by atoms with E-state index < -0.39 is 17.7 Å². The van der Waals surface area contributed by atoms with Crippen LogP contribution in [0.1, 0.15) is 36.1 Å². The van der Waals surface area contributed by atoms with Gasteiger partial charge in [-0.2, -0.15) is 0 Å². The molecule has 36 heavy (non-hydrogen) atoms. The summed E-state index contributed by atoms with van der Waals surface area (Å²) >= 11 is 0. The van der Waals surface area contributed by atoms with Gasteiger partial charge in [0.2, 0.25) is 0 Å². The van der Waals surface area contributed by atoms with Gasteiger partial charge in [-0.15, -0.1) is 0 Å². The standard InChI is InChI=1S/C29H28N2O5/c1-3-16-35-23-10-8-21(9-11-23)27(32)25-26(22-6-5-7-24(18-22)36-17-4-2)31(29(34)28(25)33)19-20-12-14-30-15-13-20/h4-15,18,26,32H,2-3,16-17,19H2,1H3/t26-/m0/s1. The maximum atomic E-state index is 13.3. The molecule has 0 bridgehead atoms. The van der Waals surface area contributed by atoms with E-state index in [0.29, 0.717) is 35.8 Å². The van der Waals surface area contributed by atoms with Gasteiger partial charge in [0, 0.05) is 24.5 Å². The molecule has 0 aliphatic carbocycles. The molecular weight excluding hydrogens is 456 g/mol. The Morgan fingerprint density at radius 1 is 1.06 bits per heavy atom. The molecular formula is C29H28N2O5. The molecule has 1 aliphatic rings. The molecule has 3 aromatic rings. The summed E-state index contributed by atoms with van der Waals surface area (Å²) in [4.78, 5) is 32.0. The van der Waals surface area contributed by atoms with Gasteiger partial charge in [0.1, 0.15) is 23.9 Å². The number of hydrogen-bond donors (Lipinski definition) is 1. The summed E-state index contributed by atoms with van der Waals surface area (Å²) in [5.74, 6) is -0.432. The average Bonchev–Trinajstić information content (AvgIpc) is 3.16. The van der Waals surface area contributed by atoms with Crippen LogP contribution in [0.2, 0.25) is 0 Å². The van der Waals surface area contributed by atoms with Crippen LogP contribution in [0.5, 0.6) is 11.5 Å². The van der Waals surface area contributed by atoms with E-state index in [4.69, 9.17) is 9.47 Å². The molecule has 1 aliphatic heterocycles. The number of aliphatic hydroxyl groups is 1. The molecule has 1 fully saturated rings. The van der Waals surface area contributed by atoms with Crippen LogP contribution in [0.4, 0.5) is 0 Å². The van der Waals surface area contributed by atoms with Crippen molar-refractivity contribution in [2.75, 3.05) is 13.2 Å². The number of nitrogens with zero attached hydrogens (tertiary/aromatic N) is 2. The van der Waals surface area contributed by atoms with Gasteiger partial charge in [0.25, 0.3) is 11.7 Å². The minimum atomic E-state index is -0.804. The van der Waals surface area contributed by atoms with Gasteiger partial charge in [-0.25, -0.2) is 0 Å². The topological polar surface area (TPSA) is 89.0 Å². The van der Waals surface area contributed by atoms with Crippen molar-refractivity contribution in [3.63, 3.8) is 0 Å². The highest BCUT2D eigenvalue weighted by molar-refractivity contribution is 6.46. The third kappa shape index (κ3) is 5.30. The molecule has 7 nitrogen and oxygen atoms in total. The summed E-state index contributed by atoms with van der Waals surface area (Å²) in [5.41, 5.74) is 1.91. The van der Waals surface area contributed by atoms with E-state index in [2.05, 4.69) is 11.6 Å². The number of rotatable bonds is 10. The third-order valence-corrected chi connectivity index (χ3v) is 5.78. The number of ketones is 1. The second-order valence-electron chi connectivity index (χ2n) is 8.33. The fraction of sp³-hybridized carbons (Fsp3) is 0.207. The number of benzene rings is 2. The van der Waals surface area contributed by atoms with Crippen LogP contribution in [-0.4, -0.2) is 39.9 Å². The highest BCUT2D eigenvalue weighted by atomic mass is 16.5. The number of carbonyl (C=O) groups is 2. The highest BCUT2D eigenvalue weighted by Crippen LogP contribution is 2.41. The first-order valence-electron chi connectivity index (χ1n) is 11.8. The number of aromatic nitrogens is 1. The lowest BCUT2D eigenvalue weighted by Gasteiger charge is -2.25. The zero-order valence-electron chi connectivity index (χ0n) is 20.1. The van der Waals surface area contributed by atoms with Crippen LogP contribution in [0.15, 0.2) is 91.3 Å². The van der Waals surface area contributed by atoms with Crippen molar-refractivity contribution in [3.8, 4) is 11.5 Å².